The molecule has 0 bridgehead atoms. The molecule has 2 amide bonds. The molecule has 7 heteroatoms. The summed E-state index contributed by atoms with van der Waals surface area (Å²) in [6, 6.07) is 23.7. The van der Waals surface area contributed by atoms with Crippen molar-refractivity contribution in [3.63, 3.8) is 0 Å². The number of aromatic nitrogens is 2. The van der Waals surface area contributed by atoms with Crippen LogP contribution in [0.1, 0.15) is 20.7 Å². The quantitative estimate of drug-likeness (QED) is 0.485. The number of hydrogen-bond acceptors (Lipinski definition) is 4. The van der Waals surface area contributed by atoms with Crippen LogP contribution < -0.4 is 15.4 Å². The molecule has 4 aromatic rings. The van der Waals surface area contributed by atoms with Gasteiger partial charge in [0, 0.05) is 30.1 Å². The molecule has 160 valence electrons. The Labute approximate surface area is 185 Å². The summed E-state index contributed by atoms with van der Waals surface area (Å²) in [4.78, 5) is 25.2. The van der Waals surface area contributed by atoms with Gasteiger partial charge in [-0.15, -0.1) is 0 Å². The van der Waals surface area contributed by atoms with Crippen molar-refractivity contribution < 1.29 is 14.3 Å². The number of carbonyl (C=O) groups is 2. The van der Waals surface area contributed by atoms with Gasteiger partial charge in [0.25, 0.3) is 11.8 Å². The van der Waals surface area contributed by atoms with E-state index in [2.05, 4.69) is 15.7 Å². The number of hydrogen-bond donors (Lipinski definition) is 2. The van der Waals surface area contributed by atoms with Crippen LogP contribution in [0.3, 0.4) is 0 Å². The standard InChI is InChI=1S/C25H22N4O3/c1-26-24(30)18-7-6-8-19(15-18)27-25(31)22-16-29(20-9-4-3-5-10-20)28-23(22)17-11-13-21(32-2)14-12-17/h3-16H,1-2H3,(H,26,30)(H,27,31). The van der Waals surface area contributed by atoms with Gasteiger partial charge in [0.2, 0.25) is 0 Å². The molecule has 2 N–H and O–H groups in total. The number of ether oxygens (including phenoxy) is 1. The largest absolute Gasteiger partial charge is 0.497 e. The number of rotatable bonds is 6. The lowest BCUT2D eigenvalue weighted by Crippen LogP contribution is -2.18. The Bertz CT molecular complexity index is 1250. The monoisotopic (exact) mass is 426 g/mol. The summed E-state index contributed by atoms with van der Waals surface area (Å²) < 4.78 is 6.91. The molecule has 0 saturated heterocycles. The number of nitrogens with zero attached hydrogens (tertiary/aromatic N) is 2. The van der Waals surface area contributed by atoms with Gasteiger partial charge in [0.15, 0.2) is 0 Å². The van der Waals surface area contributed by atoms with E-state index in [1.807, 2.05) is 54.6 Å². The fraction of sp³-hybridized carbons (Fsp3) is 0.0800. The van der Waals surface area contributed by atoms with E-state index in [1.54, 1.807) is 49.3 Å². The zero-order valence-corrected chi connectivity index (χ0v) is 17.7. The second-order valence-electron chi connectivity index (χ2n) is 7.01. The molecule has 0 atom stereocenters. The highest BCUT2D eigenvalue weighted by Crippen LogP contribution is 2.27. The predicted molar refractivity (Wildman–Crippen MR) is 123 cm³/mol. The molecular formula is C25H22N4O3. The summed E-state index contributed by atoms with van der Waals surface area (Å²) in [5, 5.41) is 10.1. The maximum atomic E-state index is 13.2. The van der Waals surface area contributed by atoms with E-state index in [-0.39, 0.29) is 11.8 Å². The Morgan fingerprint density at radius 1 is 0.906 bits per heavy atom. The summed E-state index contributed by atoms with van der Waals surface area (Å²) in [6.07, 6.45) is 1.70. The summed E-state index contributed by atoms with van der Waals surface area (Å²) in [6.45, 7) is 0. The lowest BCUT2D eigenvalue weighted by Gasteiger charge is -2.07. The topological polar surface area (TPSA) is 85.3 Å². The van der Waals surface area contributed by atoms with E-state index >= 15 is 0 Å². The van der Waals surface area contributed by atoms with E-state index in [4.69, 9.17) is 4.74 Å². The van der Waals surface area contributed by atoms with Gasteiger partial charge in [0.1, 0.15) is 11.4 Å². The van der Waals surface area contributed by atoms with Crippen molar-refractivity contribution in [1.29, 1.82) is 0 Å². The molecule has 1 aromatic heterocycles. The lowest BCUT2D eigenvalue weighted by molar-refractivity contribution is 0.0961. The van der Waals surface area contributed by atoms with E-state index in [0.29, 0.717) is 28.3 Å². The SMILES string of the molecule is CNC(=O)c1cccc(NC(=O)c2cn(-c3ccccc3)nc2-c2ccc(OC)cc2)c1. The van der Waals surface area contributed by atoms with Crippen LogP contribution in [0.25, 0.3) is 16.9 Å². The van der Waals surface area contributed by atoms with Gasteiger partial charge in [-0.2, -0.15) is 5.10 Å². The van der Waals surface area contributed by atoms with Gasteiger partial charge in [0.05, 0.1) is 18.4 Å². The second kappa shape index (κ2) is 9.18. The first-order valence-electron chi connectivity index (χ1n) is 10.0. The Kier molecular flexibility index (Phi) is 5.98. The number of para-hydroxylation sites is 1. The zero-order chi connectivity index (χ0) is 22.5. The summed E-state index contributed by atoms with van der Waals surface area (Å²) in [5.41, 5.74) is 3.54. The van der Waals surface area contributed by atoms with Crippen LogP contribution in [-0.2, 0) is 0 Å². The molecule has 3 aromatic carbocycles. The maximum absolute atomic E-state index is 13.2. The molecule has 1 heterocycles. The van der Waals surface area contributed by atoms with Crippen LogP contribution in [0.2, 0.25) is 0 Å². The first-order chi connectivity index (χ1) is 15.6. The van der Waals surface area contributed by atoms with Gasteiger partial charge in [-0.3, -0.25) is 9.59 Å². The number of anilines is 1. The van der Waals surface area contributed by atoms with Crippen LogP contribution in [-0.4, -0.2) is 35.8 Å². The predicted octanol–water partition coefficient (Wildman–Crippen LogP) is 4.16. The van der Waals surface area contributed by atoms with Gasteiger partial charge in [-0.25, -0.2) is 4.68 Å². The van der Waals surface area contributed by atoms with Crippen molar-refractivity contribution in [2.75, 3.05) is 19.5 Å². The molecule has 7 nitrogen and oxygen atoms in total. The van der Waals surface area contributed by atoms with Gasteiger partial charge >= 0.3 is 0 Å². The van der Waals surface area contributed by atoms with Crippen molar-refractivity contribution in [2.24, 2.45) is 0 Å². The Morgan fingerprint density at radius 2 is 1.66 bits per heavy atom. The van der Waals surface area contributed by atoms with Crippen LogP contribution >= 0.6 is 0 Å². The molecule has 0 aliphatic heterocycles. The van der Waals surface area contributed by atoms with Crippen molar-refractivity contribution in [2.45, 2.75) is 0 Å². The normalized spacial score (nSPS) is 10.4. The molecule has 4 rings (SSSR count). The highest BCUT2D eigenvalue weighted by atomic mass is 16.5. The number of amides is 2. The fourth-order valence-corrected chi connectivity index (χ4v) is 3.30. The van der Waals surface area contributed by atoms with E-state index in [9.17, 15) is 9.59 Å². The lowest BCUT2D eigenvalue weighted by atomic mass is 10.1. The minimum Gasteiger partial charge on any atom is -0.497 e. The van der Waals surface area contributed by atoms with Crippen molar-refractivity contribution >= 4 is 17.5 Å². The minimum atomic E-state index is -0.327. The van der Waals surface area contributed by atoms with Gasteiger partial charge in [-0.05, 0) is 54.6 Å². The molecule has 0 unspecified atom stereocenters. The average molecular weight is 426 g/mol. The minimum absolute atomic E-state index is 0.225. The van der Waals surface area contributed by atoms with E-state index in [0.717, 1.165) is 11.3 Å². The van der Waals surface area contributed by atoms with Gasteiger partial charge < -0.3 is 15.4 Å². The summed E-state index contributed by atoms with van der Waals surface area (Å²) in [5.74, 6) is 0.164. The molecule has 0 fully saturated rings. The van der Waals surface area contributed by atoms with Crippen LogP contribution in [0.5, 0.6) is 5.75 Å². The highest BCUT2D eigenvalue weighted by Gasteiger charge is 2.19. The molecule has 0 saturated carbocycles. The Balaban J connectivity index is 1.72. The van der Waals surface area contributed by atoms with Gasteiger partial charge in [-0.1, -0.05) is 24.3 Å². The molecule has 32 heavy (non-hydrogen) atoms. The summed E-state index contributed by atoms with van der Waals surface area (Å²) >= 11 is 0. The molecule has 0 aliphatic carbocycles. The van der Waals surface area contributed by atoms with E-state index in [1.165, 1.54) is 0 Å². The molecule has 0 radical (unpaired) electrons. The Morgan fingerprint density at radius 3 is 2.34 bits per heavy atom. The first-order valence-corrected chi connectivity index (χ1v) is 10.0. The molecule has 0 spiro atoms. The highest BCUT2D eigenvalue weighted by molar-refractivity contribution is 6.08. The van der Waals surface area contributed by atoms with Crippen molar-refractivity contribution in [3.05, 3.63) is 96.2 Å². The van der Waals surface area contributed by atoms with Crippen molar-refractivity contribution in [3.8, 4) is 22.7 Å². The number of nitrogens with one attached hydrogen (secondary N) is 2. The first kappa shape index (κ1) is 20.9. The number of carbonyl (C=O) groups excluding carboxylic acids is 2. The third-order valence-electron chi connectivity index (χ3n) is 4.95. The third-order valence-corrected chi connectivity index (χ3v) is 4.95. The van der Waals surface area contributed by atoms with Crippen LogP contribution in [0.15, 0.2) is 85.1 Å². The molecular weight excluding hydrogens is 404 g/mol. The average Bonchev–Trinajstić information content (AvgIpc) is 3.30. The molecule has 0 aliphatic rings. The Hall–Kier alpha value is -4.39. The van der Waals surface area contributed by atoms with E-state index < -0.39 is 0 Å². The fourth-order valence-electron chi connectivity index (χ4n) is 3.30. The maximum Gasteiger partial charge on any atom is 0.259 e. The van der Waals surface area contributed by atoms with Crippen LogP contribution in [0.4, 0.5) is 5.69 Å². The summed E-state index contributed by atoms with van der Waals surface area (Å²) in [7, 11) is 3.16. The number of benzene rings is 3. The second-order valence-corrected chi connectivity index (χ2v) is 7.01. The number of methoxy groups -OCH3 is 1. The smallest absolute Gasteiger partial charge is 0.259 e. The third kappa shape index (κ3) is 4.37. The van der Waals surface area contributed by atoms with Crippen molar-refractivity contribution in [1.82, 2.24) is 15.1 Å². The zero-order valence-electron chi connectivity index (χ0n) is 17.7. The van der Waals surface area contributed by atoms with Crippen LogP contribution in [0, 0.1) is 0 Å².